The first-order chi connectivity index (χ1) is 11.1. The molecule has 0 bridgehead atoms. The zero-order valence-electron chi connectivity index (χ0n) is 12.9. The van der Waals surface area contributed by atoms with Crippen molar-refractivity contribution in [1.82, 2.24) is 9.88 Å². The monoisotopic (exact) mass is 330 g/mol. The number of amides is 1. The van der Waals surface area contributed by atoms with E-state index in [0.29, 0.717) is 30.8 Å². The molecule has 1 aromatic heterocycles. The summed E-state index contributed by atoms with van der Waals surface area (Å²) in [5.74, 6) is -1.13. The van der Waals surface area contributed by atoms with Crippen LogP contribution in [-0.4, -0.2) is 40.0 Å². The number of benzene rings is 1. The van der Waals surface area contributed by atoms with E-state index in [2.05, 4.69) is 4.98 Å². The zero-order valence-corrected chi connectivity index (χ0v) is 13.7. The molecule has 1 aliphatic rings. The standard InChI is InChI=1S/C17H18N2O3S/c1-11-14(23-15(18-11)12-5-3-2-4-6-12)16(20)19-9-7-13(8-10-19)17(21)22/h2-6,13H,7-10H2,1H3,(H,21,22). The minimum absolute atomic E-state index is 0.0361. The van der Waals surface area contributed by atoms with Crippen molar-refractivity contribution < 1.29 is 14.7 Å². The van der Waals surface area contributed by atoms with Gasteiger partial charge in [-0.05, 0) is 19.8 Å². The average molecular weight is 330 g/mol. The van der Waals surface area contributed by atoms with Crippen LogP contribution in [-0.2, 0) is 4.79 Å². The van der Waals surface area contributed by atoms with Gasteiger partial charge in [0.2, 0.25) is 0 Å². The Morgan fingerprint density at radius 2 is 1.87 bits per heavy atom. The van der Waals surface area contributed by atoms with Gasteiger partial charge in [0.15, 0.2) is 0 Å². The minimum Gasteiger partial charge on any atom is -0.481 e. The molecule has 6 heteroatoms. The number of aliphatic carboxylic acids is 1. The van der Waals surface area contributed by atoms with Crippen molar-refractivity contribution in [3.63, 3.8) is 0 Å². The molecule has 3 rings (SSSR count). The number of carbonyl (C=O) groups excluding carboxylic acids is 1. The van der Waals surface area contributed by atoms with E-state index in [1.54, 1.807) is 4.90 Å². The van der Waals surface area contributed by atoms with Gasteiger partial charge in [-0.25, -0.2) is 4.98 Å². The number of thiazole rings is 1. The first kappa shape index (κ1) is 15.7. The fourth-order valence-electron chi connectivity index (χ4n) is 2.77. The van der Waals surface area contributed by atoms with Crippen LogP contribution < -0.4 is 0 Å². The van der Waals surface area contributed by atoms with Crippen LogP contribution in [0.4, 0.5) is 0 Å². The Bertz CT molecular complexity index is 719. The predicted molar refractivity (Wildman–Crippen MR) is 88.6 cm³/mol. The summed E-state index contributed by atoms with van der Waals surface area (Å²) in [6.07, 6.45) is 1.04. The van der Waals surface area contributed by atoms with E-state index < -0.39 is 5.97 Å². The second-order valence-corrected chi connectivity index (χ2v) is 6.70. The molecule has 2 heterocycles. The fourth-order valence-corrected chi connectivity index (χ4v) is 3.81. The lowest BCUT2D eigenvalue weighted by molar-refractivity contribution is -0.143. The molecule has 0 radical (unpaired) electrons. The molecule has 23 heavy (non-hydrogen) atoms. The number of carboxylic acids is 1. The van der Waals surface area contributed by atoms with Crippen LogP contribution in [0.3, 0.4) is 0 Å². The quantitative estimate of drug-likeness (QED) is 0.939. The molecular formula is C17H18N2O3S. The van der Waals surface area contributed by atoms with Crippen LogP contribution in [0.5, 0.6) is 0 Å². The summed E-state index contributed by atoms with van der Waals surface area (Å²) in [6, 6.07) is 9.80. The van der Waals surface area contributed by atoms with E-state index in [0.717, 1.165) is 16.3 Å². The lowest BCUT2D eigenvalue weighted by Gasteiger charge is -2.29. The summed E-state index contributed by atoms with van der Waals surface area (Å²) < 4.78 is 0. The van der Waals surface area contributed by atoms with Gasteiger partial charge in [-0.15, -0.1) is 11.3 Å². The summed E-state index contributed by atoms with van der Waals surface area (Å²) in [6.45, 7) is 2.84. The van der Waals surface area contributed by atoms with Gasteiger partial charge < -0.3 is 10.0 Å². The highest BCUT2D eigenvalue weighted by atomic mass is 32.1. The van der Waals surface area contributed by atoms with E-state index in [1.807, 2.05) is 37.3 Å². The van der Waals surface area contributed by atoms with Gasteiger partial charge in [0.05, 0.1) is 11.6 Å². The van der Waals surface area contributed by atoms with Crippen LogP contribution in [0.25, 0.3) is 10.6 Å². The largest absolute Gasteiger partial charge is 0.481 e. The van der Waals surface area contributed by atoms with Crippen molar-refractivity contribution in [3.05, 3.63) is 40.9 Å². The Morgan fingerprint density at radius 1 is 1.22 bits per heavy atom. The predicted octanol–water partition coefficient (Wildman–Crippen LogP) is 3.06. The SMILES string of the molecule is Cc1nc(-c2ccccc2)sc1C(=O)N1CCC(C(=O)O)CC1. The lowest BCUT2D eigenvalue weighted by atomic mass is 9.97. The third-order valence-corrected chi connectivity index (χ3v) is 5.34. The van der Waals surface area contributed by atoms with E-state index in [1.165, 1.54) is 11.3 Å². The molecular weight excluding hydrogens is 312 g/mol. The Morgan fingerprint density at radius 3 is 2.48 bits per heavy atom. The maximum Gasteiger partial charge on any atom is 0.306 e. The van der Waals surface area contributed by atoms with Crippen molar-refractivity contribution in [2.24, 2.45) is 5.92 Å². The number of carbonyl (C=O) groups is 2. The Labute approximate surface area is 138 Å². The number of aromatic nitrogens is 1. The fraction of sp³-hybridized carbons (Fsp3) is 0.353. The minimum atomic E-state index is -0.766. The number of aryl methyl sites for hydroxylation is 1. The highest BCUT2D eigenvalue weighted by molar-refractivity contribution is 7.17. The van der Waals surface area contributed by atoms with Crippen molar-refractivity contribution in [1.29, 1.82) is 0 Å². The van der Waals surface area contributed by atoms with Crippen molar-refractivity contribution in [2.45, 2.75) is 19.8 Å². The summed E-state index contributed by atoms with van der Waals surface area (Å²) in [4.78, 5) is 30.6. The topological polar surface area (TPSA) is 70.5 Å². The van der Waals surface area contributed by atoms with Crippen LogP contribution in [0, 0.1) is 12.8 Å². The van der Waals surface area contributed by atoms with Crippen LogP contribution >= 0.6 is 11.3 Å². The molecule has 0 saturated carbocycles. The summed E-state index contributed by atoms with van der Waals surface area (Å²) in [7, 11) is 0. The lowest BCUT2D eigenvalue weighted by Crippen LogP contribution is -2.40. The van der Waals surface area contributed by atoms with E-state index in [-0.39, 0.29) is 11.8 Å². The second-order valence-electron chi connectivity index (χ2n) is 5.70. The maximum absolute atomic E-state index is 12.7. The number of carboxylic acid groups (broad SMARTS) is 1. The molecule has 1 aromatic carbocycles. The summed E-state index contributed by atoms with van der Waals surface area (Å²) in [5, 5.41) is 9.88. The molecule has 2 aromatic rings. The van der Waals surface area contributed by atoms with Crippen molar-refractivity contribution in [3.8, 4) is 10.6 Å². The van der Waals surface area contributed by atoms with Gasteiger partial charge >= 0.3 is 5.97 Å². The van der Waals surface area contributed by atoms with Gasteiger partial charge in [0, 0.05) is 18.7 Å². The Hall–Kier alpha value is -2.21. The number of hydrogen-bond acceptors (Lipinski definition) is 4. The third kappa shape index (κ3) is 3.27. The van der Waals surface area contributed by atoms with E-state index >= 15 is 0 Å². The number of nitrogens with zero attached hydrogens (tertiary/aromatic N) is 2. The molecule has 1 saturated heterocycles. The molecule has 0 unspecified atom stereocenters. The van der Waals surface area contributed by atoms with Gasteiger partial charge in [0.1, 0.15) is 9.88 Å². The summed E-state index contributed by atoms with van der Waals surface area (Å²) in [5.41, 5.74) is 1.74. The van der Waals surface area contributed by atoms with Gasteiger partial charge in [-0.2, -0.15) is 0 Å². The zero-order chi connectivity index (χ0) is 16.4. The van der Waals surface area contributed by atoms with Crippen LogP contribution in [0.1, 0.15) is 28.2 Å². The molecule has 1 fully saturated rings. The molecule has 0 aliphatic carbocycles. The molecule has 1 amide bonds. The second kappa shape index (κ2) is 6.50. The highest BCUT2D eigenvalue weighted by Crippen LogP contribution is 2.29. The van der Waals surface area contributed by atoms with Crippen LogP contribution in [0.2, 0.25) is 0 Å². The average Bonchev–Trinajstić information content (AvgIpc) is 2.97. The van der Waals surface area contributed by atoms with Crippen molar-refractivity contribution in [2.75, 3.05) is 13.1 Å². The molecule has 120 valence electrons. The van der Waals surface area contributed by atoms with Crippen LogP contribution in [0.15, 0.2) is 30.3 Å². The molecule has 5 nitrogen and oxygen atoms in total. The normalized spacial score (nSPS) is 15.6. The Kier molecular flexibility index (Phi) is 4.43. The molecule has 1 aliphatic heterocycles. The highest BCUT2D eigenvalue weighted by Gasteiger charge is 2.29. The number of hydrogen-bond donors (Lipinski definition) is 1. The third-order valence-electron chi connectivity index (χ3n) is 4.14. The smallest absolute Gasteiger partial charge is 0.306 e. The first-order valence-electron chi connectivity index (χ1n) is 7.61. The van der Waals surface area contributed by atoms with Crippen molar-refractivity contribution >= 4 is 23.2 Å². The first-order valence-corrected chi connectivity index (χ1v) is 8.43. The van der Waals surface area contributed by atoms with E-state index in [9.17, 15) is 9.59 Å². The number of piperidine rings is 1. The van der Waals surface area contributed by atoms with Gasteiger partial charge in [0.25, 0.3) is 5.91 Å². The maximum atomic E-state index is 12.7. The number of likely N-dealkylation sites (tertiary alicyclic amines) is 1. The van der Waals surface area contributed by atoms with E-state index in [4.69, 9.17) is 5.11 Å². The van der Waals surface area contributed by atoms with Gasteiger partial charge in [-0.3, -0.25) is 9.59 Å². The molecule has 1 N–H and O–H groups in total. The molecule has 0 spiro atoms. The van der Waals surface area contributed by atoms with Gasteiger partial charge in [-0.1, -0.05) is 30.3 Å². The Balaban J connectivity index is 1.76. The number of rotatable bonds is 3. The molecule has 0 atom stereocenters. The summed E-state index contributed by atoms with van der Waals surface area (Å²) >= 11 is 1.40.